The molecule has 0 aromatic carbocycles. The second-order valence-electron chi connectivity index (χ2n) is 11.2. The molecule has 0 aromatic rings. The van der Waals surface area contributed by atoms with Gasteiger partial charge >= 0.3 is 5.97 Å². The zero-order chi connectivity index (χ0) is 29.6. The minimum Gasteiger partial charge on any atom is -0.460 e. The highest BCUT2D eigenvalue weighted by molar-refractivity contribution is 9.09. The molecule has 3 aliphatic rings. The van der Waals surface area contributed by atoms with Crippen LogP contribution in [0.5, 0.6) is 0 Å². The number of aliphatic hydroxyl groups excluding tert-OH is 1. The molecule has 3 rings (SSSR count). The fourth-order valence-corrected chi connectivity index (χ4v) is 7.18. The summed E-state index contributed by atoms with van der Waals surface area (Å²) in [5, 5.41) is 12.0. The number of hydrogen-bond donors (Lipinski definition) is 2. The van der Waals surface area contributed by atoms with E-state index < -0.39 is 41.7 Å². The SMILES string of the molecule is C=CCCC(=O)NC[C@@H](C)OC(=O)[C@@H]1[C@H]2O[C@@]3(CC2Br)[C@H](C(=O)N(CC=C)C(C)C)N(CCCCCO)C(=O)[C@@H]13. The van der Waals surface area contributed by atoms with Crippen LogP contribution in [0.25, 0.3) is 0 Å². The van der Waals surface area contributed by atoms with Gasteiger partial charge in [-0.2, -0.15) is 0 Å². The average Bonchev–Trinajstić information content (AvgIpc) is 3.50. The number of carbonyl (C=O) groups excluding carboxylic acids is 4. The number of fused-ring (bicyclic) bond motifs is 1. The number of carbonyl (C=O) groups is 4. The molecule has 10 nitrogen and oxygen atoms in total. The van der Waals surface area contributed by atoms with Gasteiger partial charge in [-0.25, -0.2) is 0 Å². The van der Waals surface area contributed by atoms with Gasteiger partial charge in [0.15, 0.2) is 0 Å². The van der Waals surface area contributed by atoms with Gasteiger partial charge in [0.05, 0.1) is 24.5 Å². The van der Waals surface area contributed by atoms with Gasteiger partial charge in [-0.3, -0.25) is 19.2 Å². The largest absolute Gasteiger partial charge is 0.460 e. The summed E-state index contributed by atoms with van der Waals surface area (Å²) in [6.45, 7) is 13.8. The molecule has 11 heteroatoms. The Morgan fingerprint density at radius 2 is 1.98 bits per heavy atom. The van der Waals surface area contributed by atoms with Gasteiger partial charge in [0.1, 0.15) is 17.7 Å². The number of allylic oxidation sites excluding steroid dienone is 1. The van der Waals surface area contributed by atoms with Crippen molar-refractivity contribution in [1.29, 1.82) is 0 Å². The van der Waals surface area contributed by atoms with Crippen LogP contribution in [0.3, 0.4) is 0 Å². The third kappa shape index (κ3) is 6.46. The Morgan fingerprint density at radius 1 is 1.25 bits per heavy atom. The highest BCUT2D eigenvalue weighted by Gasteiger charge is 2.77. The standard InChI is InChI=1S/C29H44BrN3O7/c1-6-8-12-21(35)31-17-19(5)39-28(38)22-23-26(36)33(14-10-9-11-15-34)25(27(37)32(13-7-2)18(3)4)29(23)16-20(30)24(22)40-29/h6-7,18-20,22-25,34H,1-2,8-17H2,3-5H3,(H,31,35)/t19-,20?,22+,23-,24+,25+,29-/m1/s1. The molecule has 0 aliphatic carbocycles. The van der Waals surface area contributed by atoms with Crippen LogP contribution >= 0.6 is 15.9 Å². The number of nitrogens with one attached hydrogen (secondary N) is 1. The van der Waals surface area contributed by atoms with Crippen LogP contribution in [0, 0.1) is 11.8 Å². The van der Waals surface area contributed by atoms with Gasteiger partial charge in [0, 0.05) is 37.0 Å². The molecule has 3 heterocycles. The fourth-order valence-electron chi connectivity index (χ4n) is 6.24. The molecular weight excluding hydrogens is 582 g/mol. The van der Waals surface area contributed by atoms with Crippen LogP contribution in [0.15, 0.2) is 25.3 Å². The van der Waals surface area contributed by atoms with Crippen LogP contribution < -0.4 is 5.32 Å². The number of likely N-dealkylation sites (tertiary alicyclic amines) is 1. The molecule has 1 unspecified atom stereocenters. The maximum absolute atomic E-state index is 14.1. The number of unbranched alkanes of at least 4 members (excludes halogenated alkanes) is 2. The maximum atomic E-state index is 14.1. The van der Waals surface area contributed by atoms with Crippen molar-refractivity contribution in [2.45, 2.75) is 94.0 Å². The van der Waals surface area contributed by atoms with Gasteiger partial charge in [0.2, 0.25) is 17.7 Å². The third-order valence-electron chi connectivity index (χ3n) is 8.06. The number of ether oxygens (including phenoxy) is 2. The molecular formula is C29H44BrN3O7. The Hall–Kier alpha value is -2.24. The lowest BCUT2D eigenvalue weighted by atomic mass is 9.70. The zero-order valence-electron chi connectivity index (χ0n) is 23.9. The number of aliphatic hydroxyl groups is 1. The zero-order valence-corrected chi connectivity index (χ0v) is 25.4. The van der Waals surface area contributed by atoms with E-state index in [1.807, 2.05) is 13.8 Å². The van der Waals surface area contributed by atoms with Crippen molar-refractivity contribution in [2.24, 2.45) is 11.8 Å². The minimum absolute atomic E-state index is 0.0558. The smallest absolute Gasteiger partial charge is 0.312 e. The van der Waals surface area contributed by atoms with E-state index in [-0.39, 0.29) is 41.7 Å². The number of halogens is 1. The Morgan fingerprint density at radius 3 is 2.60 bits per heavy atom. The van der Waals surface area contributed by atoms with Gasteiger partial charge in [-0.15, -0.1) is 13.2 Å². The number of alkyl halides is 1. The predicted molar refractivity (Wildman–Crippen MR) is 153 cm³/mol. The average molecular weight is 627 g/mol. The van der Waals surface area contributed by atoms with Crippen LogP contribution in [-0.2, 0) is 28.7 Å². The van der Waals surface area contributed by atoms with Crippen molar-refractivity contribution in [3.05, 3.63) is 25.3 Å². The molecule has 3 saturated heterocycles. The maximum Gasteiger partial charge on any atom is 0.312 e. The Labute approximate surface area is 245 Å². The molecule has 3 aliphatic heterocycles. The summed E-state index contributed by atoms with van der Waals surface area (Å²) >= 11 is 3.67. The summed E-state index contributed by atoms with van der Waals surface area (Å²) in [7, 11) is 0. The number of amides is 3. The third-order valence-corrected chi connectivity index (χ3v) is 8.91. The van der Waals surface area contributed by atoms with Crippen molar-refractivity contribution >= 4 is 39.6 Å². The summed E-state index contributed by atoms with van der Waals surface area (Å²) in [6, 6.07) is -1.01. The summed E-state index contributed by atoms with van der Waals surface area (Å²) in [5.41, 5.74) is -1.16. The van der Waals surface area contributed by atoms with Crippen molar-refractivity contribution in [2.75, 3.05) is 26.2 Å². The molecule has 0 saturated carbocycles. The first-order valence-electron chi connectivity index (χ1n) is 14.3. The summed E-state index contributed by atoms with van der Waals surface area (Å²) in [6.07, 6.45) is 5.27. The van der Waals surface area contributed by atoms with Crippen molar-refractivity contribution < 1.29 is 33.8 Å². The van der Waals surface area contributed by atoms with Gasteiger partial charge < -0.3 is 29.7 Å². The molecule has 0 radical (unpaired) electrons. The lowest BCUT2D eigenvalue weighted by molar-refractivity contribution is -0.159. The Bertz CT molecular complexity index is 975. The molecule has 224 valence electrons. The van der Waals surface area contributed by atoms with Crippen LogP contribution in [0.4, 0.5) is 0 Å². The number of esters is 1. The van der Waals surface area contributed by atoms with Crippen molar-refractivity contribution in [3.8, 4) is 0 Å². The molecule has 40 heavy (non-hydrogen) atoms. The molecule has 3 fully saturated rings. The van der Waals surface area contributed by atoms with E-state index in [4.69, 9.17) is 9.47 Å². The Kier molecular flexibility index (Phi) is 11.4. The lowest BCUT2D eigenvalue weighted by Crippen LogP contribution is -2.58. The van der Waals surface area contributed by atoms with E-state index in [1.165, 1.54) is 0 Å². The van der Waals surface area contributed by atoms with E-state index in [9.17, 15) is 24.3 Å². The highest BCUT2D eigenvalue weighted by atomic mass is 79.9. The predicted octanol–water partition coefficient (Wildman–Crippen LogP) is 2.33. The number of rotatable bonds is 16. The number of nitrogens with zero attached hydrogens (tertiary/aromatic N) is 2. The van der Waals surface area contributed by atoms with Gasteiger partial charge in [0.25, 0.3) is 0 Å². The number of hydrogen-bond acceptors (Lipinski definition) is 7. The highest BCUT2D eigenvalue weighted by Crippen LogP contribution is 2.60. The van der Waals surface area contributed by atoms with Crippen molar-refractivity contribution in [3.63, 3.8) is 0 Å². The van der Waals surface area contributed by atoms with Crippen LogP contribution in [-0.4, -0.2) is 99.6 Å². The Balaban J connectivity index is 1.86. The molecule has 0 aromatic heterocycles. The van der Waals surface area contributed by atoms with Crippen LogP contribution in [0.2, 0.25) is 0 Å². The summed E-state index contributed by atoms with van der Waals surface area (Å²) in [4.78, 5) is 56.7. The van der Waals surface area contributed by atoms with Crippen molar-refractivity contribution in [1.82, 2.24) is 15.1 Å². The van der Waals surface area contributed by atoms with E-state index >= 15 is 0 Å². The van der Waals surface area contributed by atoms with E-state index in [2.05, 4.69) is 34.4 Å². The monoisotopic (exact) mass is 625 g/mol. The second kappa shape index (κ2) is 14.1. The first kappa shape index (κ1) is 32.3. The van der Waals surface area contributed by atoms with E-state index in [1.54, 1.807) is 28.9 Å². The quantitative estimate of drug-likeness (QED) is 0.117. The first-order valence-corrected chi connectivity index (χ1v) is 15.2. The van der Waals surface area contributed by atoms with Gasteiger partial charge in [-0.1, -0.05) is 28.1 Å². The fraction of sp³-hybridized carbons (Fsp3) is 0.724. The van der Waals surface area contributed by atoms with Gasteiger partial charge in [-0.05, 0) is 52.9 Å². The topological polar surface area (TPSA) is 125 Å². The second-order valence-corrected chi connectivity index (χ2v) is 12.4. The minimum atomic E-state index is -1.16. The summed E-state index contributed by atoms with van der Waals surface area (Å²) in [5.74, 6) is -2.96. The van der Waals surface area contributed by atoms with Crippen LogP contribution in [0.1, 0.15) is 59.3 Å². The molecule has 2 bridgehead atoms. The molecule has 7 atom stereocenters. The lowest BCUT2D eigenvalue weighted by Gasteiger charge is -2.38. The normalized spacial score (nSPS) is 29.3. The molecule has 2 N–H and O–H groups in total. The molecule has 3 amide bonds. The molecule has 1 spiro atoms. The first-order chi connectivity index (χ1) is 19.0. The summed E-state index contributed by atoms with van der Waals surface area (Å²) < 4.78 is 12.3. The van der Waals surface area contributed by atoms with E-state index in [0.717, 1.165) is 0 Å². The van der Waals surface area contributed by atoms with E-state index in [0.29, 0.717) is 51.6 Å².